The molecule has 109 valence electrons. The highest BCUT2D eigenvalue weighted by atomic mass is 79.9. The van der Waals surface area contributed by atoms with Crippen LogP contribution < -0.4 is 10.4 Å². The van der Waals surface area contributed by atoms with Crippen molar-refractivity contribution in [2.45, 2.75) is 0 Å². The van der Waals surface area contributed by atoms with Crippen LogP contribution in [0, 0.1) is 0 Å². The number of fused-ring (bicyclic) bond motifs is 1. The third-order valence-corrected chi connectivity index (χ3v) is 4.75. The van der Waals surface area contributed by atoms with Gasteiger partial charge in [-0.25, -0.2) is 4.98 Å². The number of halogens is 1. The van der Waals surface area contributed by atoms with Gasteiger partial charge in [-0.2, -0.15) is 19.9 Å². The summed E-state index contributed by atoms with van der Waals surface area (Å²) in [4.78, 5) is 18.8. The predicted molar refractivity (Wildman–Crippen MR) is 92.9 cm³/mol. The SMILES string of the molecule is CN(N=[N+]=[N-])c1nc(PCC2=CC(Br)=C[B]2)c2[nH]cnc2n1. The van der Waals surface area contributed by atoms with Gasteiger partial charge >= 0.3 is 5.95 Å². The fraction of sp³-hybridized carbons (Fsp3) is 0.182. The summed E-state index contributed by atoms with van der Waals surface area (Å²) in [5, 5.41) is 4.79. The lowest BCUT2D eigenvalue weighted by Gasteiger charge is -2.08. The molecule has 0 bridgehead atoms. The molecule has 0 saturated heterocycles. The Morgan fingerprint density at radius 1 is 1.55 bits per heavy atom. The molecule has 0 saturated carbocycles. The van der Waals surface area contributed by atoms with Crippen molar-refractivity contribution in [2.75, 3.05) is 18.2 Å². The Morgan fingerprint density at radius 3 is 3.14 bits per heavy atom. The van der Waals surface area contributed by atoms with Crippen LogP contribution in [0.5, 0.6) is 0 Å². The Balaban J connectivity index is 1.88. The lowest BCUT2D eigenvalue weighted by molar-refractivity contribution is 0.931. The minimum atomic E-state index is 0.337. The Labute approximate surface area is 136 Å². The number of nitrogens with one attached hydrogen (secondary N) is 1. The summed E-state index contributed by atoms with van der Waals surface area (Å²) in [6, 6.07) is 0. The molecule has 1 N–H and O–H groups in total. The second kappa shape index (κ2) is 6.48. The van der Waals surface area contributed by atoms with E-state index >= 15 is 0 Å². The zero-order chi connectivity index (χ0) is 15.5. The first-order valence-electron chi connectivity index (χ1n) is 6.32. The van der Waals surface area contributed by atoms with Gasteiger partial charge in [0.05, 0.1) is 18.8 Å². The van der Waals surface area contributed by atoms with Crippen LogP contribution in [0.3, 0.4) is 0 Å². The number of aromatic nitrogens is 4. The molecule has 0 aliphatic carbocycles. The number of anilines is 1. The predicted octanol–water partition coefficient (Wildman–Crippen LogP) is 2.16. The van der Waals surface area contributed by atoms with Crippen molar-refractivity contribution in [1.82, 2.24) is 19.9 Å². The van der Waals surface area contributed by atoms with Crippen LogP contribution in [0.4, 0.5) is 5.95 Å². The molecule has 0 fully saturated rings. The Bertz CT molecular complexity index is 825. The highest BCUT2D eigenvalue weighted by molar-refractivity contribution is 9.12. The highest BCUT2D eigenvalue weighted by Gasteiger charge is 2.16. The van der Waals surface area contributed by atoms with Gasteiger partial charge in [0.2, 0.25) is 0 Å². The maximum atomic E-state index is 8.53. The van der Waals surface area contributed by atoms with E-state index in [0.717, 1.165) is 21.6 Å². The van der Waals surface area contributed by atoms with Gasteiger partial charge in [-0.1, -0.05) is 36.1 Å². The molecule has 0 aromatic carbocycles. The molecule has 22 heavy (non-hydrogen) atoms. The van der Waals surface area contributed by atoms with Gasteiger partial charge in [0.1, 0.15) is 5.52 Å². The zero-order valence-corrected chi connectivity index (χ0v) is 14.1. The molecular formula is C11H10BBrN8P. The molecule has 0 amide bonds. The van der Waals surface area contributed by atoms with Crippen molar-refractivity contribution in [3.8, 4) is 0 Å². The van der Waals surface area contributed by atoms with Crippen LogP contribution in [-0.2, 0) is 0 Å². The number of rotatable bonds is 5. The van der Waals surface area contributed by atoms with E-state index in [-0.39, 0.29) is 0 Å². The first-order chi connectivity index (χ1) is 10.7. The molecule has 11 heteroatoms. The number of aromatic amines is 1. The van der Waals surface area contributed by atoms with Crippen LogP contribution in [-0.4, -0.2) is 40.4 Å². The average Bonchev–Trinajstić information content (AvgIpc) is 3.13. The molecule has 2 aromatic heterocycles. The molecule has 1 aliphatic rings. The van der Waals surface area contributed by atoms with Gasteiger partial charge in [-0.3, -0.25) is 0 Å². The van der Waals surface area contributed by atoms with Crippen LogP contribution >= 0.6 is 24.5 Å². The van der Waals surface area contributed by atoms with E-state index < -0.39 is 0 Å². The number of H-pyrrole nitrogens is 1. The summed E-state index contributed by atoms with van der Waals surface area (Å²) in [6.07, 6.45) is 4.55. The molecule has 3 heterocycles. The number of hydrogen-bond acceptors (Lipinski definition) is 4. The van der Waals surface area contributed by atoms with E-state index in [9.17, 15) is 0 Å². The smallest absolute Gasteiger partial charge is 0.326 e. The first kappa shape index (κ1) is 15.0. The summed E-state index contributed by atoms with van der Waals surface area (Å²) in [5.74, 6) is 2.36. The van der Waals surface area contributed by atoms with Gasteiger partial charge in [0.25, 0.3) is 0 Å². The summed E-state index contributed by atoms with van der Waals surface area (Å²) < 4.78 is 1.07. The van der Waals surface area contributed by atoms with Gasteiger partial charge in [0.15, 0.2) is 12.9 Å². The van der Waals surface area contributed by atoms with Crippen LogP contribution in [0.2, 0.25) is 0 Å². The van der Waals surface area contributed by atoms with Crippen LogP contribution in [0.15, 0.2) is 33.6 Å². The zero-order valence-electron chi connectivity index (χ0n) is 11.5. The van der Waals surface area contributed by atoms with Crippen molar-refractivity contribution in [2.24, 2.45) is 5.22 Å². The van der Waals surface area contributed by atoms with Crippen LogP contribution in [0.25, 0.3) is 21.6 Å². The molecule has 1 aliphatic heterocycles. The molecule has 1 radical (unpaired) electrons. The van der Waals surface area contributed by atoms with Crippen molar-refractivity contribution in [1.29, 1.82) is 0 Å². The van der Waals surface area contributed by atoms with E-state index in [1.54, 1.807) is 13.4 Å². The minimum absolute atomic E-state index is 0.337. The summed E-state index contributed by atoms with van der Waals surface area (Å²) in [5.41, 5.74) is 12.0. The molecule has 8 nitrogen and oxygen atoms in total. The summed E-state index contributed by atoms with van der Waals surface area (Å²) in [7, 11) is 4.14. The van der Waals surface area contributed by atoms with Gasteiger partial charge in [0, 0.05) is 4.48 Å². The molecule has 1 atom stereocenters. The second-order valence-electron chi connectivity index (χ2n) is 4.47. The first-order valence-corrected chi connectivity index (χ1v) is 8.32. The molecular weight excluding hydrogens is 366 g/mol. The van der Waals surface area contributed by atoms with Gasteiger partial charge in [-0.05, 0) is 11.4 Å². The normalized spacial score (nSPS) is 13.9. The number of allylic oxidation sites excluding steroid dienone is 3. The summed E-state index contributed by atoms with van der Waals surface area (Å²) in [6.45, 7) is 0. The quantitative estimate of drug-likeness (QED) is 0.216. The van der Waals surface area contributed by atoms with E-state index in [0.29, 0.717) is 20.2 Å². The van der Waals surface area contributed by atoms with E-state index in [4.69, 9.17) is 5.53 Å². The van der Waals surface area contributed by atoms with Crippen molar-refractivity contribution in [3.63, 3.8) is 0 Å². The molecule has 3 rings (SSSR count). The fourth-order valence-corrected chi connectivity index (χ4v) is 3.51. The Morgan fingerprint density at radius 2 is 2.41 bits per heavy atom. The maximum Gasteiger partial charge on any atom is 0.326 e. The highest BCUT2D eigenvalue weighted by Crippen LogP contribution is 2.24. The second-order valence-corrected chi connectivity index (χ2v) is 6.56. The van der Waals surface area contributed by atoms with E-state index in [1.165, 1.54) is 10.5 Å². The van der Waals surface area contributed by atoms with Crippen molar-refractivity contribution in [3.05, 3.63) is 38.8 Å². The monoisotopic (exact) mass is 375 g/mol. The molecule has 2 aromatic rings. The number of nitrogens with zero attached hydrogens (tertiary/aromatic N) is 7. The van der Waals surface area contributed by atoms with E-state index in [2.05, 4.69) is 59.4 Å². The summed E-state index contributed by atoms with van der Waals surface area (Å²) >= 11 is 3.45. The number of imidazole rings is 1. The Kier molecular flexibility index (Phi) is 4.43. The number of hydrogen-bond donors (Lipinski definition) is 1. The minimum Gasteiger partial charge on any atom is -0.341 e. The molecule has 1 unspecified atom stereocenters. The topological polar surface area (TPSA) is 106 Å². The maximum absolute atomic E-state index is 8.53. The van der Waals surface area contributed by atoms with Gasteiger partial charge in [-0.15, -0.1) is 11.5 Å². The van der Waals surface area contributed by atoms with Crippen LogP contribution in [0.1, 0.15) is 0 Å². The Hall–Kier alpha value is -1.89. The largest absolute Gasteiger partial charge is 0.341 e. The number of azide groups is 1. The van der Waals surface area contributed by atoms with E-state index in [1.807, 2.05) is 5.98 Å². The lowest BCUT2D eigenvalue weighted by Crippen LogP contribution is -2.17. The standard InChI is InChI=1S/C11H10BBrN8P/c1-21(20-19-14)11-17-9-8(15-5-16-9)10(18-11)22-4-6-2-7(13)3-12-6/h2-3,5,22H,4H2,1H3,(H,15,16,17,18). The third kappa shape index (κ3) is 3.14. The fourth-order valence-electron chi connectivity index (χ4n) is 1.95. The third-order valence-electron chi connectivity index (χ3n) is 2.98. The average molecular weight is 376 g/mol. The molecule has 0 spiro atoms. The van der Waals surface area contributed by atoms with Crippen molar-refractivity contribution >= 4 is 54.3 Å². The van der Waals surface area contributed by atoms with Crippen molar-refractivity contribution < 1.29 is 0 Å². The lowest BCUT2D eigenvalue weighted by atomic mass is 9.74. The van der Waals surface area contributed by atoms with Gasteiger partial charge < -0.3 is 4.98 Å².